The fourth-order valence-corrected chi connectivity index (χ4v) is 3.65. The van der Waals surface area contributed by atoms with E-state index in [-0.39, 0.29) is 16.5 Å². The number of nitro benzene ring substituents is 1. The van der Waals surface area contributed by atoms with E-state index in [9.17, 15) is 18.5 Å². The van der Waals surface area contributed by atoms with Crippen molar-refractivity contribution in [3.63, 3.8) is 0 Å². The fraction of sp³-hybridized carbons (Fsp3) is 0.143. The van der Waals surface area contributed by atoms with Crippen LogP contribution in [0.4, 0.5) is 11.4 Å². The first kappa shape index (κ1) is 10.2. The lowest BCUT2D eigenvalue weighted by Gasteiger charge is -2.16. The van der Waals surface area contributed by atoms with Crippen LogP contribution in [0.1, 0.15) is 0 Å². The molecular weight excluding hydrogens is 240 g/mol. The number of thioether (sulfide) groups is 1. The summed E-state index contributed by atoms with van der Waals surface area (Å²) in [5.74, 6) is 0. The summed E-state index contributed by atoms with van der Waals surface area (Å²) in [5.41, 5.74) is -0.151. The first-order valence-electron chi connectivity index (χ1n) is 3.90. The van der Waals surface area contributed by atoms with Crippen LogP contribution in [-0.4, -0.2) is 18.4 Å². The molecule has 1 N–H and O–H groups in total. The summed E-state index contributed by atoms with van der Waals surface area (Å²) in [6.07, 6.45) is 0. The second-order valence-electron chi connectivity index (χ2n) is 2.89. The zero-order chi connectivity index (χ0) is 11.1. The molecule has 0 spiro atoms. The minimum atomic E-state index is -3.44. The predicted molar refractivity (Wildman–Crippen MR) is 56.4 cm³/mol. The quantitative estimate of drug-likeness (QED) is 0.597. The number of nitrogens with one attached hydrogen (secondary N) is 1. The fourth-order valence-electron chi connectivity index (χ4n) is 1.22. The number of hydrogen-bond donors (Lipinski definition) is 1. The minimum Gasteiger partial charge on any atom is -0.275 e. The van der Waals surface area contributed by atoms with Gasteiger partial charge in [0.1, 0.15) is 10.8 Å². The standard InChI is InChI=1S/C7H6N2O4S2/c10-9(11)5-2-1-3-6-7(5)8-15(12,13)4-14-6/h1-3,8H,4H2. The number of hydrogen-bond acceptors (Lipinski definition) is 5. The Kier molecular flexibility index (Phi) is 2.31. The third-order valence-electron chi connectivity index (χ3n) is 1.83. The normalized spacial score (nSPS) is 17.6. The molecule has 0 bridgehead atoms. The average molecular weight is 246 g/mol. The monoisotopic (exact) mass is 246 g/mol. The molecule has 0 saturated carbocycles. The highest BCUT2D eigenvalue weighted by Gasteiger charge is 2.27. The van der Waals surface area contributed by atoms with Crippen LogP contribution in [0, 0.1) is 10.1 Å². The Morgan fingerprint density at radius 1 is 1.47 bits per heavy atom. The molecule has 1 aromatic rings. The van der Waals surface area contributed by atoms with Crippen LogP contribution in [0.5, 0.6) is 0 Å². The molecule has 0 atom stereocenters. The van der Waals surface area contributed by atoms with Crippen molar-refractivity contribution < 1.29 is 13.3 Å². The van der Waals surface area contributed by atoms with Crippen molar-refractivity contribution in [1.82, 2.24) is 0 Å². The summed E-state index contributed by atoms with van der Waals surface area (Å²) in [7, 11) is -3.44. The summed E-state index contributed by atoms with van der Waals surface area (Å²) < 4.78 is 24.7. The molecule has 15 heavy (non-hydrogen) atoms. The van der Waals surface area contributed by atoms with Gasteiger partial charge in [0.25, 0.3) is 5.69 Å². The topological polar surface area (TPSA) is 89.3 Å². The molecule has 2 rings (SSSR count). The Morgan fingerprint density at radius 2 is 2.20 bits per heavy atom. The minimum absolute atomic E-state index is 0.0683. The zero-order valence-electron chi connectivity index (χ0n) is 7.34. The molecule has 1 aliphatic rings. The van der Waals surface area contributed by atoms with Gasteiger partial charge in [-0.2, -0.15) is 0 Å². The molecule has 0 aliphatic carbocycles. The highest BCUT2D eigenvalue weighted by atomic mass is 32.3. The van der Waals surface area contributed by atoms with Crippen molar-refractivity contribution in [2.24, 2.45) is 0 Å². The lowest BCUT2D eigenvalue weighted by Crippen LogP contribution is -2.19. The van der Waals surface area contributed by atoms with Crippen molar-refractivity contribution in [1.29, 1.82) is 0 Å². The largest absolute Gasteiger partial charge is 0.294 e. The number of anilines is 1. The summed E-state index contributed by atoms with van der Waals surface area (Å²) in [6.45, 7) is 0. The van der Waals surface area contributed by atoms with E-state index in [1.54, 1.807) is 6.07 Å². The number of nitro groups is 1. The van der Waals surface area contributed by atoms with Gasteiger partial charge in [-0.15, -0.1) is 11.8 Å². The first-order chi connectivity index (χ1) is 6.99. The number of benzene rings is 1. The molecule has 80 valence electrons. The average Bonchev–Trinajstić information content (AvgIpc) is 2.15. The summed E-state index contributed by atoms with van der Waals surface area (Å²) >= 11 is 1.07. The van der Waals surface area contributed by atoms with Gasteiger partial charge in [-0.3, -0.25) is 14.8 Å². The Hall–Kier alpha value is -1.28. The SMILES string of the molecule is O=[N+]([O-])c1cccc2c1NS(=O)(=O)CS2. The van der Waals surface area contributed by atoms with Crippen LogP contribution < -0.4 is 4.72 Å². The van der Waals surface area contributed by atoms with Crippen molar-refractivity contribution in [2.45, 2.75) is 4.90 Å². The highest BCUT2D eigenvalue weighted by Crippen LogP contribution is 2.39. The Bertz CT molecular complexity index is 526. The van der Waals surface area contributed by atoms with E-state index < -0.39 is 14.9 Å². The summed E-state index contributed by atoms with van der Waals surface area (Å²) in [5, 5.41) is 10.5. The van der Waals surface area contributed by atoms with E-state index in [1.165, 1.54) is 12.1 Å². The highest BCUT2D eigenvalue weighted by molar-refractivity contribution is 8.13. The van der Waals surface area contributed by atoms with Gasteiger partial charge < -0.3 is 0 Å². The van der Waals surface area contributed by atoms with Crippen molar-refractivity contribution >= 4 is 33.2 Å². The van der Waals surface area contributed by atoms with Gasteiger partial charge in [0.05, 0.1) is 4.92 Å². The van der Waals surface area contributed by atoms with E-state index in [4.69, 9.17) is 0 Å². The van der Waals surface area contributed by atoms with Crippen LogP contribution in [0.3, 0.4) is 0 Å². The maximum atomic E-state index is 11.2. The van der Waals surface area contributed by atoms with Crippen LogP contribution in [-0.2, 0) is 10.0 Å². The van der Waals surface area contributed by atoms with Gasteiger partial charge >= 0.3 is 0 Å². The zero-order valence-corrected chi connectivity index (χ0v) is 8.97. The van der Waals surface area contributed by atoms with E-state index in [0.29, 0.717) is 4.90 Å². The van der Waals surface area contributed by atoms with Gasteiger partial charge in [0, 0.05) is 11.0 Å². The molecule has 0 fully saturated rings. The molecule has 1 aliphatic heterocycles. The Morgan fingerprint density at radius 3 is 2.87 bits per heavy atom. The summed E-state index contributed by atoms with van der Waals surface area (Å²) in [6, 6.07) is 4.45. The molecule has 0 radical (unpaired) electrons. The number of nitrogens with zero attached hydrogens (tertiary/aromatic N) is 1. The lowest BCUT2D eigenvalue weighted by molar-refractivity contribution is -0.384. The van der Waals surface area contributed by atoms with Crippen LogP contribution in [0.15, 0.2) is 23.1 Å². The van der Waals surface area contributed by atoms with E-state index in [1.807, 2.05) is 0 Å². The number of sulfonamides is 1. The number of fused-ring (bicyclic) bond motifs is 1. The van der Waals surface area contributed by atoms with E-state index in [0.717, 1.165) is 11.8 Å². The smallest absolute Gasteiger partial charge is 0.275 e. The first-order valence-corrected chi connectivity index (χ1v) is 6.54. The molecule has 1 aromatic carbocycles. The number of rotatable bonds is 1. The Balaban J connectivity index is 2.60. The van der Waals surface area contributed by atoms with Crippen LogP contribution >= 0.6 is 11.8 Å². The third kappa shape index (κ3) is 1.90. The second-order valence-corrected chi connectivity index (χ2v) is 5.99. The third-order valence-corrected chi connectivity index (χ3v) is 4.71. The van der Waals surface area contributed by atoms with Crippen molar-refractivity contribution in [2.75, 3.05) is 9.81 Å². The maximum absolute atomic E-state index is 11.2. The predicted octanol–water partition coefficient (Wildman–Crippen LogP) is 1.40. The molecule has 8 heteroatoms. The summed E-state index contributed by atoms with van der Waals surface area (Å²) in [4.78, 5) is 10.6. The molecule has 0 unspecified atom stereocenters. The maximum Gasteiger partial charge on any atom is 0.294 e. The van der Waals surface area contributed by atoms with Gasteiger partial charge in [-0.1, -0.05) is 6.07 Å². The molecule has 1 heterocycles. The van der Waals surface area contributed by atoms with Crippen molar-refractivity contribution in [3.8, 4) is 0 Å². The van der Waals surface area contributed by atoms with E-state index >= 15 is 0 Å². The molecular formula is C7H6N2O4S2. The van der Waals surface area contributed by atoms with Gasteiger partial charge in [-0.25, -0.2) is 8.42 Å². The Labute approximate surface area is 89.9 Å². The molecule has 6 nitrogen and oxygen atoms in total. The van der Waals surface area contributed by atoms with Crippen LogP contribution in [0.25, 0.3) is 0 Å². The van der Waals surface area contributed by atoms with Gasteiger partial charge in [-0.05, 0) is 6.07 Å². The lowest BCUT2D eigenvalue weighted by atomic mass is 10.3. The molecule has 0 aromatic heterocycles. The van der Waals surface area contributed by atoms with Gasteiger partial charge in [0.15, 0.2) is 0 Å². The van der Waals surface area contributed by atoms with E-state index in [2.05, 4.69) is 4.72 Å². The molecule has 0 amide bonds. The number of para-hydroxylation sites is 1. The second kappa shape index (κ2) is 3.38. The van der Waals surface area contributed by atoms with Crippen LogP contribution in [0.2, 0.25) is 0 Å². The van der Waals surface area contributed by atoms with Gasteiger partial charge in [0.2, 0.25) is 10.0 Å². The molecule has 0 saturated heterocycles. The van der Waals surface area contributed by atoms with Crippen molar-refractivity contribution in [3.05, 3.63) is 28.3 Å².